The second-order valence-electron chi connectivity index (χ2n) is 2.77. The fourth-order valence-corrected chi connectivity index (χ4v) is 1.15. The van der Waals surface area contributed by atoms with Crippen molar-refractivity contribution in [1.29, 1.82) is 0 Å². The van der Waals surface area contributed by atoms with Crippen LogP contribution in [0.2, 0.25) is 0 Å². The minimum atomic E-state index is -0.655. The number of amides is 1. The molecule has 0 aliphatic heterocycles. The minimum Gasteiger partial charge on any atom is -0.496 e. The number of hydrogen-bond acceptors (Lipinski definition) is 4. The van der Waals surface area contributed by atoms with Gasteiger partial charge in [0.25, 0.3) is 5.91 Å². The van der Waals surface area contributed by atoms with E-state index in [1.807, 2.05) is 13.8 Å². The van der Waals surface area contributed by atoms with Gasteiger partial charge in [0, 0.05) is 0 Å². The van der Waals surface area contributed by atoms with Gasteiger partial charge in [0.15, 0.2) is 0 Å². The number of primary amides is 1. The minimum absolute atomic E-state index is 0.153. The van der Waals surface area contributed by atoms with Gasteiger partial charge in [-0.1, -0.05) is 13.8 Å². The molecular formula is C12H17NO4. The third-order valence-electron chi connectivity index (χ3n) is 1.89. The summed E-state index contributed by atoms with van der Waals surface area (Å²) < 4.78 is 9.43. The van der Waals surface area contributed by atoms with Gasteiger partial charge in [-0.3, -0.25) is 4.79 Å². The molecule has 94 valence electrons. The van der Waals surface area contributed by atoms with E-state index >= 15 is 0 Å². The van der Waals surface area contributed by atoms with Gasteiger partial charge in [-0.15, -0.1) is 0 Å². The first kappa shape index (κ1) is 15.0. The highest BCUT2D eigenvalue weighted by Crippen LogP contribution is 2.19. The van der Waals surface area contributed by atoms with E-state index in [0.29, 0.717) is 5.75 Å². The fraction of sp³-hybridized carbons (Fsp3) is 0.333. The second kappa shape index (κ2) is 7.27. The van der Waals surface area contributed by atoms with E-state index in [1.165, 1.54) is 32.4 Å². The molecule has 0 aromatic heterocycles. The number of rotatable bonds is 3. The molecule has 0 aliphatic carbocycles. The number of nitrogens with two attached hydrogens (primary N) is 1. The van der Waals surface area contributed by atoms with Crippen molar-refractivity contribution in [3.63, 3.8) is 0 Å². The van der Waals surface area contributed by atoms with Crippen LogP contribution in [0.4, 0.5) is 0 Å². The molecule has 0 radical (unpaired) electrons. The Morgan fingerprint density at radius 2 is 1.76 bits per heavy atom. The van der Waals surface area contributed by atoms with Crippen molar-refractivity contribution in [2.45, 2.75) is 13.8 Å². The van der Waals surface area contributed by atoms with Crippen LogP contribution in [0.3, 0.4) is 0 Å². The zero-order chi connectivity index (χ0) is 13.4. The van der Waals surface area contributed by atoms with Gasteiger partial charge in [0.1, 0.15) is 5.75 Å². The molecule has 0 aliphatic rings. The van der Waals surface area contributed by atoms with Crippen molar-refractivity contribution in [2.24, 2.45) is 5.73 Å². The Balaban J connectivity index is 0.00000121. The van der Waals surface area contributed by atoms with Gasteiger partial charge in [-0.2, -0.15) is 0 Å². The molecule has 17 heavy (non-hydrogen) atoms. The molecule has 0 bridgehead atoms. The molecule has 0 heterocycles. The molecule has 5 heteroatoms. The summed E-state index contributed by atoms with van der Waals surface area (Å²) in [6.45, 7) is 4.00. The van der Waals surface area contributed by atoms with Crippen molar-refractivity contribution in [1.82, 2.24) is 0 Å². The fourth-order valence-electron chi connectivity index (χ4n) is 1.15. The van der Waals surface area contributed by atoms with Crippen LogP contribution in [-0.4, -0.2) is 26.1 Å². The Labute approximate surface area is 101 Å². The van der Waals surface area contributed by atoms with Gasteiger partial charge < -0.3 is 15.2 Å². The van der Waals surface area contributed by atoms with Crippen molar-refractivity contribution in [3.8, 4) is 5.75 Å². The van der Waals surface area contributed by atoms with E-state index in [4.69, 9.17) is 10.5 Å². The molecule has 0 unspecified atom stereocenters. The van der Waals surface area contributed by atoms with Gasteiger partial charge in [-0.25, -0.2) is 4.79 Å². The van der Waals surface area contributed by atoms with Crippen LogP contribution in [-0.2, 0) is 4.74 Å². The predicted octanol–water partition coefficient (Wildman–Crippen LogP) is 1.61. The van der Waals surface area contributed by atoms with Crippen molar-refractivity contribution in [2.75, 3.05) is 14.2 Å². The van der Waals surface area contributed by atoms with Crippen molar-refractivity contribution >= 4 is 11.9 Å². The molecule has 2 N–H and O–H groups in total. The third kappa shape index (κ3) is 3.79. The monoisotopic (exact) mass is 239 g/mol. The van der Waals surface area contributed by atoms with Gasteiger partial charge >= 0.3 is 5.97 Å². The lowest BCUT2D eigenvalue weighted by Gasteiger charge is -2.06. The van der Waals surface area contributed by atoms with E-state index in [-0.39, 0.29) is 11.1 Å². The largest absolute Gasteiger partial charge is 0.496 e. The zero-order valence-corrected chi connectivity index (χ0v) is 10.4. The Morgan fingerprint density at radius 3 is 2.18 bits per heavy atom. The SMILES string of the molecule is CC.COC(=O)c1ccc(OC)c(C(N)=O)c1. The number of benzene rings is 1. The maximum Gasteiger partial charge on any atom is 0.337 e. The lowest BCUT2D eigenvalue weighted by atomic mass is 10.1. The summed E-state index contributed by atoms with van der Waals surface area (Å²) in [5, 5.41) is 0. The molecule has 5 nitrogen and oxygen atoms in total. The summed E-state index contributed by atoms with van der Waals surface area (Å²) in [6.07, 6.45) is 0. The van der Waals surface area contributed by atoms with Gasteiger partial charge in [-0.05, 0) is 18.2 Å². The topological polar surface area (TPSA) is 78.6 Å². The third-order valence-corrected chi connectivity index (χ3v) is 1.89. The summed E-state index contributed by atoms with van der Waals surface area (Å²) in [6, 6.07) is 4.33. The highest BCUT2D eigenvalue weighted by molar-refractivity contribution is 5.99. The summed E-state index contributed by atoms with van der Waals surface area (Å²) in [5.41, 5.74) is 5.54. The van der Waals surface area contributed by atoms with Crippen LogP contribution in [0, 0.1) is 0 Å². The summed E-state index contributed by atoms with van der Waals surface area (Å²) >= 11 is 0. The average Bonchev–Trinajstić information content (AvgIpc) is 2.39. The van der Waals surface area contributed by atoms with E-state index in [1.54, 1.807) is 0 Å². The average molecular weight is 239 g/mol. The smallest absolute Gasteiger partial charge is 0.337 e. The van der Waals surface area contributed by atoms with Gasteiger partial charge in [0.2, 0.25) is 0 Å². The first-order chi connectivity index (χ1) is 8.10. The molecule has 1 amide bonds. The zero-order valence-electron chi connectivity index (χ0n) is 10.4. The first-order valence-corrected chi connectivity index (χ1v) is 5.16. The number of ether oxygens (including phenoxy) is 2. The summed E-state index contributed by atoms with van der Waals surface area (Å²) in [4.78, 5) is 22.2. The molecule has 1 aromatic carbocycles. The Morgan fingerprint density at radius 1 is 1.18 bits per heavy atom. The number of carbonyl (C=O) groups excluding carboxylic acids is 2. The highest BCUT2D eigenvalue weighted by Gasteiger charge is 2.13. The Kier molecular flexibility index (Phi) is 6.40. The number of methoxy groups -OCH3 is 2. The van der Waals surface area contributed by atoms with E-state index in [2.05, 4.69) is 4.74 Å². The van der Waals surface area contributed by atoms with E-state index < -0.39 is 11.9 Å². The van der Waals surface area contributed by atoms with Crippen LogP contribution < -0.4 is 10.5 Å². The van der Waals surface area contributed by atoms with Crippen LogP contribution in [0.1, 0.15) is 34.6 Å². The standard InChI is InChI=1S/C10H11NO4.C2H6/c1-14-8-4-3-6(10(13)15-2)5-7(8)9(11)12;1-2/h3-5H,1-2H3,(H2,11,12);1-2H3. The van der Waals surface area contributed by atoms with Crippen LogP contribution in [0.15, 0.2) is 18.2 Å². The predicted molar refractivity (Wildman–Crippen MR) is 64.2 cm³/mol. The molecule has 0 saturated heterocycles. The second-order valence-corrected chi connectivity index (χ2v) is 2.77. The molecular weight excluding hydrogens is 222 g/mol. The quantitative estimate of drug-likeness (QED) is 0.813. The molecule has 1 aromatic rings. The van der Waals surface area contributed by atoms with Crippen LogP contribution >= 0.6 is 0 Å². The number of carbonyl (C=O) groups is 2. The Hall–Kier alpha value is -2.04. The molecule has 1 rings (SSSR count). The lowest BCUT2D eigenvalue weighted by Crippen LogP contribution is -2.14. The van der Waals surface area contributed by atoms with Gasteiger partial charge in [0.05, 0.1) is 25.3 Å². The van der Waals surface area contributed by atoms with Crippen LogP contribution in [0.5, 0.6) is 5.75 Å². The first-order valence-electron chi connectivity index (χ1n) is 5.16. The van der Waals surface area contributed by atoms with E-state index in [0.717, 1.165) is 0 Å². The molecule has 0 atom stereocenters. The normalized spacial score (nSPS) is 8.71. The summed E-state index contributed by atoms with van der Waals surface area (Å²) in [5.74, 6) is -0.854. The highest BCUT2D eigenvalue weighted by atomic mass is 16.5. The van der Waals surface area contributed by atoms with E-state index in [9.17, 15) is 9.59 Å². The summed E-state index contributed by atoms with van der Waals surface area (Å²) in [7, 11) is 2.68. The number of hydrogen-bond donors (Lipinski definition) is 1. The molecule has 0 saturated carbocycles. The van der Waals surface area contributed by atoms with Crippen molar-refractivity contribution in [3.05, 3.63) is 29.3 Å². The van der Waals surface area contributed by atoms with Crippen molar-refractivity contribution < 1.29 is 19.1 Å². The molecule has 0 spiro atoms. The Bertz CT molecular complexity index is 401. The lowest BCUT2D eigenvalue weighted by molar-refractivity contribution is 0.0600. The maximum atomic E-state index is 11.2. The molecule has 0 fully saturated rings. The maximum absolute atomic E-state index is 11.2. The van der Waals surface area contributed by atoms with Crippen LogP contribution in [0.25, 0.3) is 0 Å². The number of esters is 1.